The van der Waals surface area contributed by atoms with Crippen molar-refractivity contribution in [2.45, 2.75) is 19.4 Å². The minimum Gasteiger partial charge on any atom is -0.493 e. The summed E-state index contributed by atoms with van der Waals surface area (Å²) in [5, 5.41) is 2.87. The summed E-state index contributed by atoms with van der Waals surface area (Å²) in [5.74, 6) is 1.74. The number of carbonyl (C=O) groups excluding carboxylic acids is 1. The highest BCUT2D eigenvalue weighted by Gasteiger charge is 2.22. The number of methoxy groups -OCH3 is 2. The number of fused-ring (bicyclic) bond motifs is 1. The van der Waals surface area contributed by atoms with Crippen molar-refractivity contribution < 1.29 is 19.0 Å². The van der Waals surface area contributed by atoms with Crippen LogP contribution in [0.25, 0.3) is 6.08 Å². The highest BCUT2D eigenvalue weighted by Crippen LogP contribution is 2.32. The zero-order chi connectivity index (χ0) is 18.0. The Balaban J connectivity index is 1.81. The number of rotatable bonds is 4. The Morgan fingerprint density at radius 1 is 1.04 bits per heavy atom. The van der Waals surface area contributed by atoms with Gasteiger partial charge in [0.15, 0.2) is 11.5 Å². The SMILES string of the molecule is COc1ccc(NC(=O)c2ccc3c(c2)C=CC(C)(C)O3)cc1OC. The summed E-state index contributed by atoms with van der Waals surface area (Å²) in [6.07, 6.45) is 3.96. The molecule has 0 aromatic heterocycles. The van der Waals surface area contributed by atoms with E-state index >= 15 is 0 Å². The first kappa shape index (κ1) is 16.9. The van der Waals surface area contributed by atoms with Crippen LogP contribution in [0, 0.1) is 0 Å². The third-order valence-corrected chi connectivity index (χ3v) is 3.95. The summed E-state index contributed by atoms with van der Waals surface area (Å²) < 4.78 is 16.3. The Bertz CT molecular complexity index is 840. The monoisotopic (exact) mass is 339 g/mol. The first-order valence-corrected chi connectivity index (χ1v) is 7.97. The molecule has 0 saturated carbocycles. The molecular formula is C20H21NO4. The molecule has 0 radical (unpaired) electrons. The first-order valence-electron chi connectivity index (χ1n) is 7.97. The molecule has 1 amide bonds. The van der Waals surface area contributed by atoms with Crippen LogP contribution in [0.5, 0.6) is 17.2 Å². The van der Waals surface area contributed by atoms with Crippen molar-refractivity contribution in [1.82, 2.24) is 0 Å². The van der Waals surface area contributed by atoms with Gasteiger partial charge in [0.25, 0.3) is 5.91 Å². The second kappa shape index (κ2) is 6.51. The molecule has 0 aliphatic carbocycles. The molecule has 130 valence electrons. The number of benzene rings is 2. The summed E-state index contributed by atoms with van der Waals surface area (Å²) in [4.78, 5) is 12.5. The maximum Gasteiger partial charge on any atom is 0.255 e. The van der Waals surface area contributed by atoms with Crippen molar-refractivity contribution in [3.05, 3.63) is 53.6 Å². The van der Waals surface area contributed by atoms with Gasteiger partial charge in [0.1, 0.15) is 11.4 Å². The van der Waals surface area contributed by atoms with Gasteiger partial charge in [0, 0.05) is 22.9 Å². The van der Waals surface area contributed by atoms with E-state index in [1.165, 1.54) is 0 Å². The smallest absolute Gasteiger partial charge is 0.255 e. The van der Waals surface area contributed by atoms with Crippen LogP contribution in [0.15, 0.2) is 42.5 Å². The summed E-state index contributed by atoms with van der Waals surface area (Å²) in [5.41, 5.74) is 1.74. The topological polar surface area (TPSA) is 56.8 Å². The van der Waals surface area contributed by atoms with Crippen LogP contribution in [0.1, 0.15) is 29.8 Å². The Hall–Kier alpha value is -2.95. The van der Waals surface area contributed by atoms with Gasteiger partial charge in [-0.25, -0.2) is 0 Å². The molecule has 0 unspecified atom stereocenters. The number of nitrogens with one attached hydrogen (secondary N) is 1. The van der Waals surface area contributed by atoms with Gasteiger partial charge in [-0.1, -0.05) is 6.08 Å². The first-order chi connectivity index (χ1) is 11.9. The van der Waals surface area contributed by atoms with Crippen LogP contribution < -0.4 is 19.5 Å². The fourth-order valence-electron chi connectivity index (χ4n) is 2.64. The molecule has 1 aliphatic rings. The van der Waals surface area contributed by atoms with Crippen molar-refractivity contribution in [2.24, 2.45) is 0 Å². The molecular weight excluding hydrogens is 318 g/mol. The van der Waals surface area contributed by atoms with Crippen molar-refractivity contribution in [3.63, 3.8) is 0 Å². The number of amides is 1. The lowest BCUT2D eigenvalue weighted by Crippen LogP contribution is -2.27. The van der Waals surface area contributed by atoms with Gasteiger partial charge in [-0.3, -0.25) is 4.79 Å². The standard InChI is InChI=1S/C20H21NO4/c1-20(2)10-9-13-11-14(5-7-16(13)25-20)19(22)21-15-6-8-17(23-3)18(12-15)24-4/h5-12H,1-4H3,(H,21,22). The second-order valence-corrected chi connectivity index (χ2v) is 6.32. The van der Waals surface area contributed by atoms with Gasteiger partial charge < -0.3 is 19.5 Å². The van der Waals surface area contributed by atoms with Crippen LogP contribution >= 0.6 is 0 Å². The molecule has 0 saturated heterocycles. The zero-order valence-electron chi connectivity index (χ0n) is 14.8. The molecule has 5 nitrogen and oxygen atoms in total. The summed E-state index contributed by atoms with van der Waals surface area (Å²) in [6.45, 7) is 3.98. The van der Waals surface area contributed by atoms with E-state index in [1.807, 2.05) is 38.1 Å². The van der Waals surface area contributed by atoms with E-state index in [9.17, 15) is 4.79 Å². The van der Waals surface area contributed by atoms with E-state index in [1.54, 1.807) is 38.5 Å². The van der Waals surface area contributed by atoms with Gasteiger partial charge >= 0.3 is 0 Å². The van der Waals surface area contributed by atoms with Gasteiger partial charge in [-0.2, -0.15) is 0 Å². The van der Waals surface area contributed by atoms with Crippen LogP contribution in [0.3, 0.4) is 0 Å². The highest BCUT2D eigenvalue weighted by atomic mass is 16.5. The minimum absolute atomic E-state index is 0.201. The molecule has 1 N–H and O–H groups in total. The predicted molar refractivity (Wildman–Crippen MR) is 97.7 cm³/mol. The number of anilines is 1. The van der Waals surface area contributed by atoms with Crippen molar-refractivity contribution in [2.75, 3.05) is 19.5 Å². The Labute approximate surface area is 147 Å². The molecule has 0 spiro atoms. The maximum absolute atomic E-state index is 12.5. The average molecular weight is 339 g/mol. The summed E-state index contributed by atoms with van der Waals surface area (Å²) in [7, 11) is 3.13. The van der Waals surface area contributed by atoms with E-state index < -0.39 is 0 Å². The van der Waals surface area contributed by atoms with E-state index in [0.29, 0.717) is 22.7 Å². The fraction of sp³-hybridized carbons (Fsp3) is 0.250. The second-order valence-electron chi connectivity index (χ2n) is 6.32. The van der Waals surface area contributed by atoms with Gasteiger partial charge in [0.05, 0.1) is 14.2 Å². The lowest BCUT2D eigenvalue weighted by molar-refractivity contribution is 0.102. The third kappa shape index (κ3) is 3.60. The molecule has 25 heavy (non-hydrogen) atoms. The minimum atomic E-state index is -0.337. The quantitative estimate of drug-likeness (QED) is 0.909. The molecule has 0 fully saturated rings. The predicted octanol–water partition coefficient (Wildman–Crippen LogP) is 4.14. The molecule has 0 atom stereocenters. The number of ether oxygens (including phenoxy) is 3. The van der Waals surface area contributed by atoms with Crippen molar-refractivity contribution >= 4 is 17.7 Å². The highest BCUT2D eigenvalue weighted by molar-refractivity contribution is 6.05. The third-order valence-electron chi connectivity index (χ3n) is 3.95. The van der Waals surface area contributed by atoms with Crippen LogP contribution in [0.4, 0.5) is 5.69 Å². The molecule has 0 bridgehead atoms. The Morgan fingerprint density at radius 3 is 2.52 bits per heavy atom. The Kier molecular flexibility index (Phi) is 4.40. The molecule has 1 aliphatic heterocycles. The molecule has 2 aromatic carbocycles. The van der Waals surface area contributed by atoms with Gasteiger partial charge in [-0.15, -0.1) is 0 Å². The van der Waals surface area contributed by atoms with E-state index in [0.717, 1.165) is 11.3 Å². The fourth-order valence-corrected chi connectivity index (χ4v) is 2.64. The molecule has 5 heteroatoms. The van der Waals surface area contributed by atoms with Gasteiger partial charge in [0.2, 0.25) is 0 Å². The van der Waals surface area contributed by atoms with E-state index in [-0.39, 0.29) is 11.5 Å². The van der Waals surface area contributed by atoms with Crippen LogP contribution in [-0.2, 0) is 0 Å². The molecule has 2 aromatic rings. The van der Waals surface area contributed by atoms with Gasteiger partial charge in [-0.05, 0) is 50.3 Å². The van der Waals surface area contributed by atoms with Crippen LogP contribution in [0.2, 0.25) is 0 Å². The zero-order valence-corrected chi connectivity index (χ0v) is 14.8. The number of carbonyl (C=O) groups is 1. The lowest BCUT2D eigenvalue weighted by Gasteiger charge is -2.27. The Morgan fingerprint density at radius 2 is 1.80 bits per heavy atom. The van der Waals surface area contributed by atoms with E-state index in [2.05, 4.69) is 5.32 Å². The van der Waals surface area contributed by atoms with Crippen molar-refractivity contribution in [3.8, 4) is 17.2 Å². The summed E-state index contributed by atoms with van der Waals surface area (Å²) in [6, 6.07) is 10.6. The lowest BCUT2D eigenvalue weighted by atomic mass is 10.0. The summed E-state index contributed by atoms with van der Waals surface area (Å²) >= 11 is 0. The van der Waals surface area contributed by atoms with E-state index in [4.69, 9.17) is 14.2 Å². The maximum atomic E-state index is 12.5. The normalized spacial score (nSPS) is 14.2. The molecule has 1 heterocycles. The number of hydrogen-bond acceptors (Lipinski definition) is 4. The number of hydrogen-bond donors (Lipinski definition) is 1. The average Bonchev–Trinajstić information content (AvgIpc) is 2.60. The van der Waals surface area contributed by atoms with Crippen LogP contribution in [-0.4, -0.2) is 25.7 Å². The molecule has 3 rings (SSSR count). The van der Waals surface area contributed by atoms with Crippen molar-refractivity contribution in [1.29, 1.82) is 0 Å². The largest absolute Gasteiger partial charge is 0.493 e.